The van der Waals surface area contributed by atoms with Gasteiger partial charge in [-0.05, 0) is 63.1 Å². The minimum atomic E-state index is -4.45. The van der Waals surface area contributed by atoms with E-state index in [9.17, 15) is 22.8 Å². The molecule has 1 spiro atoms. The van der Waals surface area contributed by atoms with Crippen molar-refractivity contribution in [3.05, 3.63) is 59.7 Å². The van der Waals surface area contributed by atoms with Crippen molar-refractivity contribution < 1.29 is 27.5 Å². The number of fused-ring (bicyclic) bond motifs is 1. The first-order chi connectivity index (χ1) is 14.4. The van der Waals surface area contributed by atoms with Crippen LogP contribution < -0.4 is 4.90 Å². The van der Waals surface area contributed by atoms with Gasteiger partial charge in [0, 0.05) is 18.8 Å². The molecule has 0 unspecified atom stereocenters. The Morgan fingerprint density at radius 1 is 1.00 bits per heavy atom. The number of amides is 2. The maximum absolute atomic E-state index is 13.6. The van der Waals surface area contributed by atoms with Gasteiger partial charge in [-0.15, -0.1) is 0 Å². The van der Waals surface area contributed by atoms with Crippen LogP contribution in [0.2, 0.25) is 0 Å². The number of nitrogens with zero attached hydrogens (tertiary/aromatic N) is 2. The molecule has 0 atom stereocenters. The van der Waals surface area contributed by atoms with Crippen LogP contribution in [0.3, 0.4) is 0 Å². The van der Waals surface area contributed by atoms with E-state index in [0.29, 0.717) is 17.8 Å². The van der Waals surface area contributed by atoms with E-state index in [1.165, 1.54) is 21.9 Å². The third kappa shape index (κ3) is 3.86. The Balaban J connectivity index is 1.64. The third-order valence-electron chi connectivity index (χ3n) is 5.51. The highest BCUT2D eigenvalue weighted by Crippen LogP contribution is 2.47. The summed E-state index contributed by atoms with van der Waals surface area (Å²) in [5.41, 5.74) is -0.327. The van der Waals surface area contributed by atoms with Crippen LogP contribution in [-0.4, -0.2) is 35.6 Å². The molecule has 0 saturated carbocycles. The van der Waals surface area contributed by atoms with Gasteiger partial charge >= 0.3 is 12.3 Å². The SMILES string of the molecule is CC(C)(C)OC(=O)N1CC2(Cc3ccccc3N(c3ccc(C(F)(F)F)cc3)C2=O)C1. The number of carbonyl (C=O) groups is 2. The summed E-state index contributed by atoms with van der Waals surface area (Å²) in [6.07, 6.45) is -4.48. The molecule has 0 aliphatic carbocycles. The highest BCUT2D eigenvalue weighted by Gasteiger charge is 2.56. The largest absolute Gasteiger partial charge is 0.444 e. The summed E-state index contributed by atoms with van der Waals surface area (Å²) in [7, 11) is 0. The first-order valence-corrected chi connectivity index (χ1v) is 9.97. The minimum Gasteiger partial charge on any atom is -0.444 e. The second-order valence-electron chi connectivity index (χ2n) is 9.11. The van der Waals surface area contributed by atoms with Crippen molar-refractivity contribution in [2.75, 3.05) is 18.0 Å². The van der Waals surface area contributed by atoms with Crippen molar-refractivity contribution in [3.8, 4) is 0 Å². The van der Waals surface area contributed by atoms with Crippen LogP contribution in [-0.2, 0) is 22.1 Å². The van der Waals surface area contributed by atoms with Crippen LogP contribution in [0.4, 0.5) is 29.3 Å². The van der Waals surface area contributed by atoms with Crippen molar-refractivity contribution >= 4 is 23.4 Å². The molecule has 1 fully saturated rings. The first-order valence-electron chi connectivity index (χ1n) is 9.97. The van der Waals surface area contributed by atoms with E-state index < -0.39 is 28.8 Å². The van der Waals surface area contributed by atoms with Crippen LogP contribution in [0, 0.1) is 5.41 Å². The average molecular weight is 432 g/mol. The number of benzene rings is 2. The Kier molecular flexibility index (Phi) is 4.79. The Morgan fingerprint density at radius 3 is 2.19 bits per heavy atom. The summed E-state index contributed by atoms with van der Waals surface area (Å²) in [6, 6.07) is 11.9. The molecule has 2 aliphatic rings. The molecule has 2 aliphatic heterocycles. The van der Waals surface area contributed by atoms with E-state index in [-0.39, 0.29) is 19.0 Å². The Morgan fingerprint density at radius 2 is 1.61 bits per heavy atom. The van der Waals surface area contributed by atoms with Crippen LogP contribution in [0.25, 0.3) is 0 Å². The fraction of sp³-hybridized carbons (Fsp3) is 0.391. The maximum atomic E-state index is 13.6. The summed E-state index contributed by atoms with van der Waals surface area (Å²) in [6.45, 7) is 5.72. The number of rotatable bonds is 1. The van der Waals surface area contributed by atoms with Gasteiger partial charge in [0.25, 0.3) is 0 Å². The van der Waals surface area contributed by atoms with Crippen LogP contribution >= 0.6 is 0 Å². The molecule has 2 aromatic carbocycles. The summed E-state index contributed by atoms with van der Waals surface area (Å²) in [5, 5.41) is 0. The summed E-state index contributed by atoms with van der Waals surface area (Å²) < 4.78 is 44.3. The van der Waals surface area contributed by atoms with Gasteiger partial charge in [-0.1, -0.05) is 18.2 Å². The summed E-state index contributed by atoms with van der Waals surface area (Å²) >= 11 is 0. The van der Waals surface area contributed by atoms with Gasteiger partial charge in [-0.2, -0.15) is 13.2 Å². The fourth-order valence-electron chi connectivity index (χ4n) is 4.11. The molecule has 5 nitrogen and oxygen atoms in total. The smallest absolute Gasteiger partial charge is 0.416 e. The van der Waals surface area contributed by atoms with Gasteiger partial charge in [0.2, 0.25) is 5.91 Å². The van der Waals surface area contributed by atoms with Crippen molar-refractivity contribution in [2.24, 2.45) is 5.41 Å². The predicted molar refractivity (Wildman–Crippen MR) is 109 cm³/mol. The molecule has 0 aromatic heterocycles. The zero-order valence-corrected chi connectivity index (χ0v) is 17.5. The lowest BCUT2D eigenvalue weighted by Gasteiger charge is -2.52. The topological polar surface area (TPSA) is 49.9 Å². The van der Waals surface area contributed by atoms with Crippen molar-refractivity contribution in [1.29, 1.82) is 0 Å². The molecule has 4 rings (SSSR count). The Bertz CT molecular complexity index is 1020. The van der Waals surface area contributed by atoms with E-state index in [2.05, 4.69) is 0 Å². The molecule has 1 saturated heterocycles. The lowest BCUT2D eigenvalue weighted by Crippen LogP contribution is -2.67. The molecular weight excluding hydrogens is 409 g/mol. The number of alkyl halides is 3. The van der Waals surface area contributed by atoms with Gasteiger partial charge in [-0.3, -0.25) is 9.69 Å². The number of carbonyl (C=O) groups excluding carboxylic acids is 2. The lowest BCUT2D eigenvalue weighted by atomic mass is 9.71. The molecule has 31 heavy (non-hydrogen) atoms. The molecule has 2 aromatic rings. The fourth-order valence-corrected chi connectivity index (χ4v) is 4.11. The van der Waals surface area contributed by atoms with Gasteiger partial charge < -0.3 is 9.64 Å². The van der Waals surface area contributed by atoms with Crippen molar-refractivity contribution in [1.82, 2.24) is 4.90 Å². The number of halogens is 3. The zero-order valence-electron chi connectivity index (χ0n) is 17.5. The Labute approximate surface area is 178 Å². The molecular formula is C23H23F3N2O3. The highest BCUT2D eigenvalue weighted by molar-refractivity contribution is 6.07. The number of hydrogen-bond donors (Lipinski definition) is 0. The number of para-hydroxylation sites is 1. The third-order valence-corrected chi connectivity index (χ3v) is 5.51. The average Bonchev–Trinajstić information content (AvgIpc) is 2.63. The van der Waals surface area contributed by atoms with E-state index in [0.717, 1.165) is 17.7 Å². The van der Waals surface area contributed by atoms with E-state index in [4.69, 9.17) is 4.74 Å². The normalized spacial score (nSPS) is 17.9. The first kappa shape index (κ1) is 21.2. The number of hydrogen-bond acceptors (Lipinski definition) is 3. The zero-order chi connectivity index (χ0) is 22.6. The van der Waals surface area contributed by atoms with Gasteiger partial charge in [-0.25, -0.2) is 4.79 Å². The number of anilines is 2. The molecule has 0 bridgehead atoms. The number of likely N-dealkylation sites (tertiary alicyclic amines) is 1. The molecule has 0 N–H and O–H groups in total. The lowest BCUT2D eigenvalue weighted by molar-refractivity contribution is -0.138. The molecule has 8 heteroatoms. The molecule has 0 radical (unpaired) electrons. The monoisotopic (exact) mass is 432 g/mol. The summed E-state index contributed by atoms with van der Waals surface area (Å²) in [5.74, 6) is -0.231. The highest BCUT2D eigenvalue weighted by atomic mass is 19.4. The molecule has 164 valence electrons. The maximum Gasteiger partial charge on any atom is 0.416 e. The van der Waals surface area contributed by atoms with E-state index >= 15 is 0 Å². The standard InChI is InChI=1S/C23H23F3N2O3/c1-21(2,3)31-20(30)27-13-22(14-27)12-15-6-4-5-7-18(15)28(19(22)29)17-10-8-16(9-11-17)23(24,25)26/h4-11H,12-14H2,1-3H3. The summed E-state index contributed by atoms with van der Waals surface area (Å²) in [4.78, 5) is 28.9. The number of ether oxygens (including phenoxy) is 1. The van der Waals surface area contributed by atoms with Crippen molar-refractivity contribution in [2.45, 2.75) is 39.0 Å². The van der Waals surface area contributed by atoms with Crippen LogP contribution in [0.1, 0.15) is 31.9 Å². The van der Waals surface area contributed by atoms with E-state index in [1.54, 1.807) is 32.9 Å². The molecule has 2 heterocycles. The minimum absolute atomic E-state index is 0.201. The predicted octanol–water partition coefficient (Wildman–Crippen LogP) is 5.16. The van der Waals surface area contributed by atoms with Crippen LogP contribution in [0.15, 0.2) is 48.5 Å². The van der Waals surface area contributed by atoms with Gasteiger partial charge in [0.15, 0.2) is 0 Å². The molecule has 2 amide bonds. The second-order valence-corrected chi connectivity index (χ2v) is 9.11. The Hall–Kier alpha value is -3.03. The van der Waals surface area contributed by atoms with Crippen LogP contribution in [0.5, 0.6) is 0 Å². The van der Waals surface area contributed by atoms with E-state index in [1.807, 2.05) is 12.1 Å². The van der Waals surface area contributed by atoms with Crippen molar-refractivity contribution in [3.63, 3.8) is 0 Å². The quantitative estimate of drug-likeness (QED) is 0.625. The van der Waals surface area contributed by atoms with Gasteiger partial charge in [0.1, 0.15) is 5.60 Å². The second kappa shape index (κ2) is 7.00. The van der Waals surface area contributed by atoms with Gasteiger partial charge in [0.05, 0.1) is 16.7 Å².